The number of rotatable bonds is 3. The molecule has 1 aliphatic heterocycles. The molecule has 1 fully saturated rings. The molecular formula is C20H14N2O3S. The van der Waals surface area contributed by atoms with E-state index in [2.05, 4.69) is 4.98 Å². The zero-order valence-corrected chi connectivity index (χ0v) is 14.5. The standard InChI is InChI=1S/C20H14N2O3S/c23-18(13-6-2-1-3-7-13)17-12-26-20(25)22(17)19(24)15-10-14-8-4-5-9-16(14)21-11-15/h1-11,17H,12H2/t17-/m1/s1. The van der Waals surface area contributed by atoms with Crippen molar-refractivity contribution in [2.24, 2.45) is 0 Å². The number of ketones is 1. The van der Waals surface area contributed by atoms with Crippen LogP contribution in [0.5, 0.6) is 0 Å². The Bertz CT molecular complexity index is 1020. The van der Waals surface area contributed by atoms with Crippen LogP contribution in [0.3, 0.4) is 0 Å². The Morgan fingerprint density at radius 1 is 1.00 bits per heavy atom. The zero-order chi connectivity index (χ0) is 18.1. The summed E-state index contributed by atoms with van der Waals surface area (Å²) < 4.78 is 0. The molecule has 0 aliphatic carbocycles. The van der Waals surface area contributed by atoms with Crippen LogP contribution in [-0.4, -0.2) is 38.6 Å². The lowest BCUT2D eigenvalue weighted by Gasteiger charge is -2.21. The number of hydrogen-bond donors (Lipinski definition) is 0. The van der Waals surface area contributed by atoms with Crippen LogP contribution in [0, 0.1) is 0 Å². The second-order valence-corrected chi connectivity index (χ2v) is 6.89. The van der Waals surface area contributed by atoms with Crippen LogP contribution in [-0.2, 0) is 0 Å². The molecule has 2 amide bonds. The quantitative estimate of drug-likeness (QED) is 0.663. The lowest BCUT2D eigenvalue weighted by molar-refractivity contribution is 0.0719. The van der Waals surface area contributed by atoms with E-state index in [0.29, 0.717) is 11.1 Å². The summed E-state index contributed by atoms with van der Waals surface area (Å²) in [5.74, 6) is -0.460. The molecule has 0 radical (unpaired) electrons. The molecule has 0 saturated carbocycles. The molecule has 3 aromatic rings. The fraction of sp³-hybridized carbons (Fsp3) is 0.100. The molecule has 26 heavy (non-hydrogen) atoms. The maximum Gasteiger partial charge on any atom is 0.289 e. The number of aromatic nitrogens is 1. The molecule has 2 aromatic carbocycles. The van der Waals surface area contributed by atoms with Gasteiger partial charge in [-0.2, -0.15) is 0 Å². The first-order chi connectivity index (χ1) is 12.6. The monoisotopic (exact) mass is 362 g/mol. The Kier molecular flexibility index (Phi) is 4.26. The van der Waals surface area contributed by atoms with E-state index in [9.17, 15) is 14.4 Å². The van der Waals surface area contributed by atoms with Gasteiger partial charge in [0.2, 0.25) is 0 Å². The van der Waals surface area contributed by atoms with Crippen molar-refractivity contribution in [2.75, 3.05) is 5.75 Å². The van der Waals surface area contributed by atoms with Crippen molar-refractivity contribution in [3.05, 3.63) is 78.0 Å². The van der Waals surface area contributed by atoms with E-state index in [1.807, 2.05) is 30.3 Å². The summed E-state index contributed by atoms with van der Waals surface area (Å²) in [6.45, 7) is 0. The predicted molar refractivity (Wildman–Crippen MR) is 100 cm³/mol. The van der Waals surface area contributed by atoms with Gasteiger partial charge in [0.05, 0.1) is 11.1 Å². The van der Waals surface area contributed by atoms with Gasteiger partial charge in [-0.25, -0.2) is 0 Å². The highest BCUT2D eigenvalue weighted by atomic mass is 32.2. The van der Waals surface area contributed by atoms with Gasteiger partial charge in [-0.15, -0.1) is 0 Å². The number of para-hydroxylation sites is 1. The van der Waals surface area contributed by atoms with Gasteiger partial charge in [0.15, 0.2) is 5.78 Å². The van der Waals surface area contributed by atoms with E-state index in [4.69, 9.17) is 0 Å². The summed E-state index contributed by atoms with van der Waals surface area (Å²) in [7, 11) is 0. The average molecular weight is 362 g/mol. The number of fused-ring (bicyclic) bond motifs is 1. The van der Waals surface area contributed by atoms with E-state index in [-0.39, 0.29) is 11.5 Å². The first-order valence-electron chi connectivity index (χ1n) is 8.09. The molecule has 0 N–H and O–H groups in total. The summed E-state index contributed by atoms with van der Waals surface area (Å²) in [5.41, 5.74) is 1.55. The van der Waals surface area contributed by atoms with Crippen LogP contribution >= 0.6 is 11.8 Å². The van der Waals surface area contributed by atoms with E-state index in [1.54, 1.807) is 30.3 Å². The van der Waals surface area contributed by atoms with Gasteiger partial charge < -0.3 is 0 Å². The van der Waals surface area contributed by atoms with Crippen molar-refractivity contribution in [3.8, 4) is 0 Å². The summed E-state index contributed by atoms with van der Waals surface area (Å²) in [4.78, 5) is 43.4. The Labute approximate surface area is 154 Å². The van der Waals surface area contributed by atoms with E-state index in [1.165, 1.54) is 6.20 Å². The summed E-state index contributed by atoms with van der Waals surface area (Å²) in [6.07, 6.45) is 1.45. The number of hydrogen-bond acceptors (Lipinski definition) is 5. The molecule has 0 spiro atoms. The van der Waals surface area contributed by atoms with Gasteiger partial charge in [0, 0.05) is 22.9 Å². The molecular weight excluding hydrogens is 348 g/mol. The van der Waals surface area contributed by atoms with Crippen LogP contribution in [0.2, 0.25) is 0 Å². The second kappa shape index (κ2) is 6.72. The lowest BCUT2D eigenvalue weighted by atomic mass is 10.0. The Balaban J connectivity index is 1.68. The van der Waals surface area contributed by atoms with Crippen LogP contribution < -0.4 is 0 Å². The highest BCUT2D eigenvalue weighted by Crippen LogP contribution is 2.28. The van der Waals surface area contributed by atoms with Gasteiger partial charge >= 0.3 is 0 Å². The predicted octanol–water partition coefficient (Wildman–Crippen LogP) is 3.80. The first-order valence-corrected chi connectivity index (χ1v) is 9.08. The van der Waals surface area contributed by atoms with Crippen molar-refractivity contribution in [1.29, 1.82) is 0 Å². The number of carbonyl (C=O) groups is 3. The highest BCUT2D eigenvalue weighted by Gasteiger charge is 2.41. The molecule has 128 valence electrons. The number of amides is 2. The third-order valence-electron chi connectivity index (χ3n) is 4.29. The van der Waals surface area contributed by atoms with Crippen LogP contribution in [0.15, 0.2) is 66.9 Å². The summed E-state index contributed by atoms with van der Waals surface area (Å²) >= 11 is 0.988. The number of Topliss-reactive ketones (excluding diaryl/α,β-unsaturated/α-hetero) is 1. The number of thioether (sulfide) groups is 1. The van der Waals surface area contributed by atoms with Gasteiger partial charge in [-0.1, -0.05) is 60.3 Å². The van der Waals surface area contributed by atoms with E-state index in [0.717, 1.165) is 27.6 Å². The second-order valence-electron chi connectivity index (χ2n) is 5.91. The summed E-state index contributed by atoms with van der Waals surface area (Å²) in [6, 6.07) is 17.0. The molecule has 6 heteroatoms. The molecule has 1 atom stereocenters. The topological polar surface area (TPSA) is 67.3 Å². The largest absolute Gasteiger partial charge is 0.292 e. The SMILES string of the molecule is O=C(c1ccccc1)[C@H]1CSC(=O)N1C(=O)c1cnc2ccccc2c1. The number of pyridine rings is 1. The lowest BCUT2D eigenvalue weighted by Crippen LogP contribution is -2.43. The Morgan fingerprint density at radius 3 is 2.54 bits per heavy atom. The number of carbonyl (C=O) groups excluding carboxylic acids is 3. The van der Waals surface area contributed by atoms with Gasteiger partial charge in [-0.3, -0.25) is 24.3 Å². The third-order valence-corrected chi connectivity index (χ3v) is 5.22. The van der Waals surface area contributed by atoms with Crippen LogP contribution in [0.1, 0.15) is 20.7 Å². The minimum absolute atomic E-state index is 0.231. The fourth-order valence-electron chi connectivity index (χ4n) is 2.96. The van der Waals surface area contributed by atoms with Crippen molar-refractivity contribution in [1.82, 2.24) is 9.88 Å². The van der Waals surface area contributed by atoms with Gasteiger partial charge in [-0.05, 0) is 12.1 Å². The van der Waals surface area contributed by atoms with Crippen LogP contribution in [0.4, 0.5) is 4.79 Å². The highest BCUT2D eigenvalue weighted by molar-refractivity contribution is 8.14. The van der Waals surface area contributed by atoms with Crippen LogP contribution in [0.25, 0.3) is 10.9 Å². The average Bonchev–Trinajstić information content (AvgIpc) is 3.08. The minimum Gasteiger partial charge on any atom is -0.292 e. The number of benzene rings is 2. The molecule has 1 aliphatic rings. The Hall–Kier alpha value is -2.99. The maximum atomic E-state index is 12.9. The van der Waals surface area contributed by atoms with Gasteiger partial charge in [0.25, 0.3) is 11.1 Å². The number of nitrogens with zero attached hydrogens (tertiary/aromatic N) is 2. The molecule has 1 aromatic heterocycles. The molecule has 5 nitrogen and oxygen atoms in total. The van der Waals surface area contributed by atoms with Crippen molar-refractivity contribution < 1.29 is 14.4 Å². The van der Waals surface area contributed by atoms with Crippen molar-refractivity contribution >= 4 is 39.6 Å². The third kappa shape index (κ3) is 2.88. The first kappa shape index (κ1) is 16.5. The van der Waals surface area contributed by atoms with Crippen molar-refractivity contribution in [2.45, 2.75) is 6.04 Å². The molecule has 0 bridgehead atoms. The van der Waals surface area contributed by atoms with E-state index < -0.39 is 17.2 Å². The van der Waals surface area contributed by atoms with Crippen molar-refractivity contribution in [3.63, 3.8) is 0 Å². The Morgan fingerprint density at radius 2 is 1.73 bits per heavy atom. The van der Waals surface area contributed by atoms with E-state index >= 15 is 0 Å². The molecule has 2 heterocycles. The fourth-order valence-corrected chi connectivity index (χ4v) is 3.91. The van der Waals surface area contributed by atoms with Gasteiger partial charge in [0.1, 0.15) is 6.04 Å². The minimum atomic E-state index is -0.797. The summed E-state index contributed by atoms with van der Waals surface area (Å²) in [5, 5.41) is 0.404. The molecule has 1 saturated heterocycles. The molecule has 4 rings (SSSR count). The zero-order valence-electron chi connectivity index (χ0n) is 13.7. The maximum absolute atomic E-state index is 12.9. The smallest absolute Gasteiger partial charge is 0.289 e. The number of imide groups is 1. The molecule has 0 unspecified atom stereocenters. The normalized spacial score (nSPS) is 16.8.